The number of aliphatic carboxylic acids is 1. The van der Waals surface area contributed by atoms with E-state index in [1.165, 1.54) is 12.1 Å². The normalized spacial score (nSPS) is 25.5. The number of carboxylic acids is 1. The average Bonchev–Trinajstić information content (AvgIpc) is 3.11. The molecule has 3 heterocycles. The van der Waals surface area contributed by atoms with Crippen molar-refractivity contribution in [2.75, 3.05) is 11.4 Å². The van der Waals surface area contributed by atoms with Gasteiger partial charge in [0.1, 0.15) is 0 Å². The zero-order chi connectivity index (χ0) is 27.1. The number of rotatable bonds is 3. The number of amides is 2. The Morgan fingerprint density at radius 1 is 0.892 bits per heavy atom. The van der Waals surface area contributed by atoms with Crippen molar-refractivity contribution in [1.82, 2.24) is 4.90 Å². The molecule has 2 amide bonds. The molecule has 3 saturated heterocycles. The number of carboxylic acid groups (broad SMARTS) is 1. The van der Waals surface area contributed by atoms with E-state index in [1.54, 1.807) is 0 Å². The van der Waals surface area contributed by atoms with Crippen LogP contribution in [-0.4, -0.2) is 46.6 Å². The van der Waals surface area contributed by atoms with Gasteiger partial charge >= 0.3 is 18.3 Å². The first-order valence-corrected chi connectivity index (χ1v) is 11.4. The van der Waals surface area contributed by atoms with Crippen molar-refractivity contribution in [2.45, 2.75) is 37.8 Å². The first-order valence-electron chi connectivity index (χ1n) is 11.4. The Morgan fingerprint density at radius 3 is 2.11 bits per heavy atom. The SMILES string of the molecule is O=C(O)C(F)(F)F.O=C1[C@@H]2[C@H]3CCC(CN3Cc3ccccc3)[C@@H]2C(=O)N1c1cccc(C(F)(F)F)c1. The van der Waals surface area contributed by atoms with Gasteiger partial charge in [-0.3, -0.25) is 14.5 Å². The number of carbonyl (C=O) groups is 3. The first-order chi connectivity index (χ1) is 17.3. The zero-order valence-corrected chi connectivity index (χ0v) is 19.2. The Balaban J connectivity index is 0.000000405. The number of alkyl halides is 6. The van der Waals surface area contributed by atoms with E-state index in [4.69, 9.17) is 9.90 Å². The van der Waals surface area contributed by atoms with Crippen LogP contribution in [0.25, 0.3) is 0 Å². The first kappa shape index (κ1) is 26.6. The van der Waals surface area contributed by atoms with Crippen LogP contribution in [0.2, 0.25) is 0 Å². The molecule has 12 heteroatoms. The van der Waals surface area contributed by atoms with Gasteiger partial charge in [0.2, 0.25) is 11.8 Å². The lowest BCUT2D eigenvalue weighted by Gasteiger charge is -2.50. The number of halogens is 6. The molecule has 0 radical (unpaired) electrons. The van der Waals surface area contributed by atoms with E-state index in [1.807, 2.05) is 30.3 Å². The van der Waals surface area contributed by atoms with E-state index < -0.39 is 35.7 Å². The van der Waals surface area contributed by atoms with Gasteiger partial charge in [0, 0.05) is 19.1 Å². The summed E-state index contributed by atoms with van der Waals surface area (Å²) in [4.78, 5) is 38.6. The fourth-order valence-electron chi connectivity index (χ4n) is 5.48. The summed E-state index contributed by atoms with van der Waals surface area (Å²) in [7, 11) is 0. The summed E-state index contributed by atoms with van der Waals surface area (Å²) in [5.74, 6) is -4.33. The maximum absolute atomic E-state index is 13.3. The number of fused-ring (bicyclic) bond motifs is 2. The molecule has 3 aliphatic heterocycles. The van der Waals surface area contributed by atoms with Crippen LogP contribution in [0.4, 0.5) is 32.0 Å². The Kier molecular flexibility index (Phi) is 7.06. The second-order valence-corrected chi connectivity index (χ2v) is 9.23. The second kappa shape index (κ2) is 9.81. The van der Waals surface area contributed by atoms with Gasteiger partial charge in [0.15, 0.2) is 0 Å². The molecular weight excluding hydrogens is 506 g/mol. The Labute approximate surface area is 207 Å². The maximum atomic E-state index is 13.3. The van der Waals surface area contributed by atoms with Crippen LogP contribution >= 0.6 is 0 Å². The number of hydrogen-bond acceptors (Lipinski definition) is 4. The van der Waals surface area contributed by atoms with E-state index in [9.17, 15) is 35.9 Å². The molecule has 1 aliphatic carbocycles. The standard InChI is InChI=1S/C23H21F3N2O2.C2HF3O2/c24-23(25,26)16-7-4-8-17(11-16)28-21(29)19-15-9-10-18(20(19)22(28)30)27(13-15)12-14-5-2-1-3-6-14;3-2(4,5)1(6)7/h1-8,11,15,18-20H,9-10,12-13H2;(H,6,7)/t15?,18-,19+,20-;/m1./s1. The van der Waals surface area contributed by atoms with Crippen molar-refractivity contribution < 1.29 is 45.8 Å². The highest BCUT2D eigenvalue weighted by molar-refractivity contribution is 6.22. The predicted molar refractivity (Wildman–Crippen MR) is 118 cm³/mol. The zero-order valence-electron chi connectivity index (χ0n) is 19.2. The highest BCUT2D eigenvalue weighted by Gasteiger charge is 2.60. The lowest BCUT2D eigenvalue weighted by molar-refractivity contribution is -0.192. The number of imide groups is 1. The van der Waals surface area contributed by atoms with Gasteiger partial charge in [-0.15, -0.1) is 0 Å². The van der Waals surface area contributed by atoms with Crippen LogP contribution in [0.1, 0.15) is 24.0 Å². The summed E-state index contributed by atoms with van der Waals surface area (Å²) in [6, 6.07) is 14.4. The van der Waals surface area contributed by atoms with Gasteiger partial charge in [-0.05, 0) is 42.5 Å². The third kappa shape index (κ3) is 5.34. The van der Waals surface area contributed by atoms with Gasteiger partial charge in [-0.25, -0.2) is 9.69 Å². The molecule has 0 spiro atoms. The van der Waals surface area contributed by atoms with Crippen LogP contribution in [0.5, 0.6) is 0 Å². The van der Waals surface area contributed by atoms with Gasteiger partial charge in [-0.1, -0.05) is 36.4 Å². The number of carbonyl (C=O) groups excluding carboxylic acids is 2. The molecule has 1 unspecified atom stereocenters. The molecule has 2 bridgehead atoms. The van der Waals surface area contributed by atoms with Crippen molar-refractivity contribution >= 4 is 23.5 Å². The van der Waals surface area contributed by atoms with Crippen molar-refractivity contribution in [2.24, 2.45) is 17.8 Å². The molecule has 4 aliphatic rings. The molecule has 6 nitrogen and oxygen atoms in total. The van der Waals surface area contributed by atoms with E-state index >= 15 is 0 Å². The molecule has 198 valence electrons. The van der Waals surface area contributed by atoms with Crippen LogP contribution in [0.15, 0.2) is 54.6 Å². The van der Waals surface area contributed by atoms with Crippen molar-refractivity contribution in [1.29, 1.82) is 0 Å². The summed E-state index contributed by atoms with van der Waals surface area (Å²) in [5.41, 5.74) is 0.306. The third-order valence-electron chi connectivity index (χ3n) is 6.99. The molecule has 2 aromatic rings. The molecule has 37 heavy (non-hydrogen) atoms. The molecule has 2 aromatic carbocycles. The minimum absolute atomic E-state index is 0.0169. The second-order valence-electron chi connectivity index (χ2n) is 9.23. The summed E-state index contributed by atoms with van der Waals surface area (Å²) >= 11 is 0. The largest absolute Gasteiger partial charge is 0.490 e. The topological polar surface area (TPSA) is 77.9 Å². The molecule has 0 aromatic heterocycles. The van der Waals surface area contributed by atoms with Gasteiger partial charge < -0.3 is 5.11 Å². The minimum atomic E-state index is -5.08. The summed E-state index contributed by atoms with van der Waals surface area (Å²) in [5, 5.41) is 7.12. The maximum Gasteiger partial charge on any atom is 0.490 e. The van der Waals surface area contributed by atoms with E-state index in [2.05, 4.69) is 4.90 Å². The lowest BCUT2D eigenvalue weighted by Crippen LogP contribution is -2.58. The number of hydrogen-bond donors (Lipinski definition) is 1. The highest BCUT2D eigenvalue weighted by atomic mass is 19.4. The lowest BCUT2D eigenvalue weighted by atomic mass is 9.66. The molecule has 4 atom stereocenters. The minimum Gasteiger partial charge on any atom is -0.475 e. The van der Waals surface area contributed by atoms with E-state index in [0.29, 0.717) is 6.54 Å². The summed E-state index contributed by atoms with van der Waals surface area (Å²) in [6.45, 7) is 1.44. The van der Waals surface area contributed by atoms with Crippen molar-refractivity contribution in [3.05, 3.63) is 65.7 Å². The molecule has 4 fully saturated rings. The van der Waals surface area contributed by atoms with E-state index in [-0.39, 0.29) is 29.5 Å². The summed E-state index contributed by atoms with van der Waals surface area (Å²) in [6.07, 6.45) is -7.92. The Hall–Kier alpha value is -3.41. The molecule has 1 N–H and O–H groups in total. The number of benzene rings is 2. The van der Waals surface area contributed by atoms with Crippen LogP contribution < -0.4 is 4.90 Å². The van der Waals surface area contributed by atoms with Crippen molar-refractivity contribution in [3.63, 3.8) is 0 Å². The summed E-state index contributed by atoms with van der Waals surface area (Å²) < 4.78 is 71.2. The highest BCUT2D eigenvalue weighted by Crippen LogP contribution is 2.50. The third-order valence-corrected chi connectivity index (χ3v) is 6.99. The number of piperidine rings is 2. The fourth-order valence-corrected chi connectivity index (χ4v) is 5.48. The Morgan fingerprint density at radius 2 is 1.51 bits per heavy atom. The fraction of sp³-hybridized carbons (Fsp3) is 0.400. The van der Waals surface area contributed by atoms with Gasteiger partial charge in [0.05, 0.1) is 23.1 Å². The average molecular weight is 528 g/mol. The van der Waals surface area contributed by atoms with Crippen LogP contribution in [0, 0.1) is 17.8 Å². The quantitative estimate of drug-likeness (QED) is 0.460. The number of nitrogens with zero attached hydrogens (tertiary/aromatic N) is 2. The van der Waals surface area contributed by atoms with Crippen LogP contribution in [0.3, 0.4) is 0 Å². The van der Waals surface area contributed by atoms with Gasteiger partial charge in [-0.2, -0.15) is 26.3 Å². The van der Waals surface area contributed by atoms with Crippen LogP contribution in [-0.2, 0) is 27.1 Å². The Bertz CT molecular complexity index is 1180. The molecular formula is C25H22F6N2O4. The monoisotopic (exact) mass is 528 g/mol. The smallest absolute Gasteiger partial charge is 0.475 e. The van der Waals surface area contributed by atoms with Crippen molar-refractivity contribution in [3.8, 4) is 0 Å². The van der Waals surface area contributed by atoms with Gasteiger partial charge in [0.25, 0.3) is 0 Å². The molecule has 6 rings (SSSR count). The van der Waals surface area contributed by atoms with E-state index in [0.717, 1.165) is 42.0 Å². The predicted octanol–water partition coefficient (Wildman–Crippen LogP) is 4.74. The number of anilines is 1. The molecule has 1 saturated carbocycles.